The van der Waals surface area contributed by atoms with Crippen molar-refractivity contribution in [3.8, 4) is 5.75 Å². The highest BCUT2D eigenvalue weighted by Crippen LogP contribution is 2.31. The monoisotopic (exact) mass is 383 g/mol. The molecule has 0 bridgehead atoms. The Hall–Kier alpha value is -1.75. The maximum atomic E-state index is 12.1. The number of benzene rings is 2. The van der Waals surface area contributed by atoms with Gasteiger partial charge >= 0.3 is 0 Å². The molecule has 3 rings (SSSR count). The average Bonchev–Trinajstić information content (AvgIpc) is 2.79. The fourth-order valence-electron chi connectivity index (χ4n) is 2.47. The largest absolute Gasteiger partial charge is 0.493 e. The Labute approximate surface area is 153 Å². The van der Waals surface area contributed by atoms with Crippen LogP contribution in [-0.2, 0) is 4.79 Å². The normalized spacial score (nSPS) is 13.4. The Balaban J connectivity index is 1.60. The first-order valence-electron chi connectivity index (χ1n) is 7.21. The zero-order valence-corrected chi connectivity index (χ0v) is 14.7. The molecular formula is C17H12Cl3NO3. The predicted octanol–water partition coefficient (Wildman–Crippen LogP) is 4.65. The van der Waals surface area contributed by atoms with Crippen molar-refractivity contribution < 1.29 is 14.3 Å². The number of amides is 1. The van der Waals surface area contributed by atoms with Crippen LogP contribution < -0.4 is 9.64 Å². The Morgan fingerprint density at radius 3 is 2.50 bits per heavy atom. The second-order valence-corrected chi connectivity index (χ2v) is 6.48. The number of Topliss-reactive ketones (excluding diaryl/α,β-unsaturated/α-hetero) is 1. The fraction of sp³-hybridized carbons (Fsp3) is 0.176. The lowest BCUT2D eigenvalue weighted by atomic mass is 10.1. The standard InChI is InChI=1S/C17H12Cl3NO3/c18-10-2-5-15-12(8-10)16(22)17(23)21(15)6-1-7-24-11-3-4-13(19)14(20)9-11/h2-5,8-9H,1,6-7H2. The molecule has 124 valence electrons. The number of ether oxygens (including phenoxy) is 1. The topological polar surface area (TPSA) is 46.6 Å². The highest BCUT2D eigenvalue weighted by molar-refractivity contribution is 6.52. The SMILES string of the molecule is O=C1C(=O)N(CCCOc2ccc(Cl)c(Cl)c2)c2ccc(Cl)cc21. The summed E-state index contributed by atoms with van der Waals surface area (Å²) in [5.74, 6) is -0.472. The lowest BCUT2D eigenvalue weighted by Crippen LogP contribution is -2.31. The number of carbonyl (C=O) groups is 2. The average molecular weight is 385 g/mol. The van der Waals surface area contributed by atoms with Crippen LogP contribution in [0.4, 0.5) is 5.69 Å². The van der Waals surface area contributed by atoms with Gasteiger partial charge in [-0.1, -0.05) is 34.8 Å². The van der Waals surface area contributed by atoms with E-state index in [-0.39, 0.29) is 0 Å². The van der Waals surface area contributed by atoms with E-state index in [1.54, 1.807) is 30.3 Å². The third kappa shape index (κ3) is 3.36. The number of fused-ring (bicyclic) bond motifs is 1. The van der Waals surface area contributed by atoms with Crippen molar-refractivity contribution >= 4 is 52.2 Å². The molecule has 0 unspecified atom stereocenters. The molecule has 4 nitrogen and oxygen atoms in total. The second kappa shape index (κ2) is 7.01. The summed E-state index contributed by atoms with van der Waals surface area (Å²) in [6.07, 6.45) is 0.557. The Kier molecular flexibility index (Phi) is 4.99. The molecule has 0 spiro atoms. The summed E-state index contributed by atoms with van der Waals surface area (Å²) >= 11 is 17.6. The number of rotatable bonds is 5. The molecule has 0 aliphatic carbocycles. The van der Waals surface area contributed by atoms with Crippen LogP contribution in [0.5, 0.6) is 5.75 Å². The molecule has 0 atom stereocenters. The van der Waals surface area contributed by atoms with E-state index in [1.165, 1.54) is 11.0 Å². The summed E-state index contributed by atoms with van der Waals surface area (Å²) in [7, 11) is 0. The van der Waals surface area contributed by atoms with Gasteiger partial charge in [0, 0.05) is 17.6 Å². The van der Waals surface area contributed by atoms with E-state index in [0.29, 0.717) is 51.6 Å². The molecule has 0 saturated carbocycles. The first kappa shape index (κ1) is 17.1. The number of nitrogens with zero attached hydrogens (tertiary/aromatic N) is 1. The van der Waals surface area contributed by atoms with Crippen LogP contribution in [-0.4, -0.2) is 24.8 Å². The summed E-state index contributed by atoms with van der Waals surface area (Å²) < 4.78 is 5.58. The summed E-state index contributed by atoms with van der Waals surface area (Å²) in [5.41, 5.74) is 0.932. The van der Waals surface area contributed by atoms with Crippen molar-refractivity contribution in [2.45, 2.75) is 6.42 Å². The summed E-state index contributed by atoms with van der Waals surface area (Å²) in [5, 5.41) is 1.31. The molecule has 1 heterocycles. The minimum absolute atomic E-state index is 0.345. The smallest absolute Gasteiger partial charge is 0.299 e. The minimum atomic E-state index is -0.540. The van der Waals surface area contributed by atoms with E-state index in [1.807, 2.05) is 0 Å². The van der Waals surface area contributed by atoms with Crippen LogP contribution in [0.25, 0.3) is 0 Å². The van der Waals surface area contributed by atoms with Gasteiger partial charge in [0.1, 0.15) is 5.75 Å². The molecular weight excluding hydrogens is 373 g/mol. The van der Waals surface area contributed by atoms with Gasteiger partial charge in [-0.3, -0.25) is 9.59 Å². The summed E-state index contributed by atoms with van der Waals surface area (Å²) in [4.78, 5) is 25.5. The fourth-order valence-corrected chi connectivity index (χ4v) is 2.93. The third-order valence-corrected chi connectivity index (χ3v) is 4.59. The van der Waals surface area contributed by atoms with Crippen LogP contribution in [0.1, 0.15) is 16.8 Å². The van der Waals surface area contributed by atoms with E-state index in [0.717, 1.165) is 0 Å². The van der Waals surface area contributed by atoms with Crippen molar-refractivity contribution in [3.05, 3.63) is 57.0 Å². The Morgan fingerprint density at radius 2 is 1.75 bits per heavy atom. The Bertz CT molecular complexity index is 823. The van der Waals surface area contributed by atoms with Crippen molar-refractivity contribution in [2.75, 3.05) is 18.1 Å². The number of halogens is 3. The minimum Gasteiger partial charge on any atom is -0.493 e. The van der Waals surface area contributed by atoms with E-state index >= 15 is 0 Å². The van der Waals surface area contributed by atoms with Crippen LogP contribution in [0.15, 0.2) is 36.4 Å². The van der Waals surface area contributed by atoms with Crippen LogP contribution in [0, 0.1) is 0 Å². The van der Waals surface area contributed by atoms with E-state index in [2.05, 4.69) is 0 Å². The first-order chi connectivity index (χ1) is 11.5. The van der Waals surface area contributed by atoms with E-state index < -0.39 is 11.7 Å². The molecule has 0 saturated heterocycles. The van der Waals surface area contributed by atoms with Crippen LogP contribution >= 0.6 is 34.8 Å². The maximum Gasteiger partial charge on any atom is 0.299 e. The highest BCUT2D eigenvalue weighted by atomic mass is 35.5. The van der Waals surface area contributed by atoms with Gasteiger partial charge in [-0.05, 0) is 36.8 Å². The van der Waals surface area contributed by atoms with Gasteiger partial charge in [0.05, 0.1) is 27.9 Å². The molecule has 7 heteroatoms. The van der Waals surface area contributed by atoms with E-state index in [4.69, 9.17) is 39.5 Å². The third-order valence-electron chi connectivity index (χ3n) is 3.62. The van der Waals surface area contributed by atoms with Crippen LogP contribution in [0.3, 0.4) is 0 Å². The molecule has 0 aromatic heterocycles. The Morgan fingerprint density at radius 1 is 0.958 bits per heavy atom. The van der Waals surface area contributed by atoms with Gasteiger partial charge in [-0.25, -0.2) is 0 Å². The van der Waals surface area contributed by atoms with E-state index in [9.17, 15) is 9.59 Å². The number of ketones is 1. The molecule has 0 N–H and O–H groups in total. The first-order valence-corrected chi connectivity index (χ1v) is 8.34. The zero-order valence-electron chi connectivity index (χ0n) is 12.4. The number of anilines is 1. The maximum absolute atomic E-state index is 12.1. The van der Waals surface area contributed by atoms with Gasteiger partial charge in [-0.2, -0.15) is 0 Å². The molecule has 0 radical (unpaired) electrons. The van der Waals surface area contributed by atoms with Gasteiger partial charge in [-0.15, -0.1) is 0 Å². The van der Waals surface area contributed by atoms with Crippen molar-refractivity contribution in [1.82, 2.24) is 0 Å². The molecule has 24 heavy (non-hydrogen) atoms. The lowest BCUT2D eigenvalue weighted by molar-refractivity contribution is -0.114. The van der Waals surface area contributed by atoms with Gasteiger partial charge < -0.3 is 9.64 Å². The predicted molar refractivity (Wildman–Crippen MR) is 94.7 cm³/mol. The number of hydrogen-bond donors (Lipinski definition) is 0. The molecule has 1 amide bonds. The molecule has 2 aromatic rings. The van der Waals surface area contributed by atoms with Crippen molar-refractivity contribution in [1.29, 1.82) is 0 Å². The number of hydrogen-bond acceptors (Lipinski definition) is 3. The van der Waals surface area contributed by atoms with Gasteiger partial charge in [0.25, 0.3) is 11.7 Å². The number of carbonyl (C=O) groups excluding carboxylic acids is 2. The van der Waals surface area contributed by atoms with Crippen molar-refractivity contribution in [3.63, 3.8) is 0 Å². The summed E-state index contributed by atoms with van der Waals surface area (Å²) in [6.45, 7) is 0.749. The van der Waals surface area contributed by atoms with Gasteiger partial charge in [0.2, 0.25) is 0 Å². The molecule has 0 fully saturated rings. The van der Waals surface area contributed by atoms with Crippen molar-refractivity contribution in [2.24, 2.45) is 0 Å². The highest BCUT2D eigenvalue weighted by Gasteiger charge is 2.35. The van der Waals surface area contributed by atoms with Crippen LogP contribution in [0.2, 0.25) is 15.1 Å². The lowest BCUT2D eigenvalue weighted by Gasteiger charge is -2.16. The zero-order chi connectivity index (χ0) is 17.3. The molecule has 2 aromatic carbocycles. The second-order valence-electron chi connectivity index (χ2n) is 5.23. The van der Waals surface area contributed by atoms with Gasteiger partial charge in [0.15, 0.2) is 0 Å². The summed E-state index contributed by atoms with van der Waals surface area (Å²) in [6, 6.07) is 9.86. The molecule has 1 aliphatic heterocycles. The molecule has 1 aliphatic rings. The quantitative estimate of drug-likeness (QED) is 0.557.